The van der Waals surface area contributed by atoms with Crippen LogP contribution in [0.2, 0.25) is 0 Å². The van der Waals surface area contributed by atoms with Crippen LogP contribution in [0.1, 0.15) is 19.3 Å². The van der Waals surface area contributed by atoms with Gasteiger partial charge in [-0.3, -0.25) is 4.90 Å². The van der Waals surface area contributed by atoms with Crippen molar-refractivity contribution in [2.24, 2.45) is 0 Å². The SMILES string of the molecule is O=C(O)OC1CC2CCCN2C1. The van der Waals surface area contributed by atoms with Gasteiger partial charge < -0.3 is 9.84 Å². The maximum atomic E-state index is 10.2. The van der Waals surface area contributed by atoms with Crippen LogP contribution in [0.5, 0.6) is 0 Å². The monoisotopic (exact) mass is 171 g/mol. The van der Waals surface area contributed by atoms with Crippen molar-refractivity contribution in [1.82, 2.24) is 4.90 Å². The third-order valence-corrected chi connectivity index (χ3v) is 2.74. The summed E-state index contributed by atoms with van der Waals surface area (Å²) in [7, 11) is 0. The molecule has 4 heteroatoms. The molecule has 4 nitrogen and oxygen atoms in total. The standard InChI is InChI=1S/C8H13NO3/c10-8(11)12-7-4-6-2-1-3-9(6)5-7/h6-7H,1-5H2,(H,10,11). The topological polar surface area (TPSA) is 49.8 Å². The lowest BCUT2D eigenvalue weighted by molar-refractivity contribution is 0.0548. The predicted octanol–water partition coefficient (Wildman–Crippen LogP) is 0.918. The van der Waals surface area contributed by atoms with Crippen molar-refractivity contribution in [3.8, 4) is 0 Å². The Labute approximate surface area is 71.1 Å². The molecule has 2 heterocycles. The molecule has 0 amide bonds. The normalized spacial score (nSPS) is 35.0. The molecule has 0 aromatic heterocycles. The van der Waals surface area contributed by atoms with Crippen LogP contribution in [0, 0.1) is 0 Å². The van der Waals surface area contributed by atoms with Gasteiger partial charge in [0.1, 0.15) is 6.10 Å². The van der Waals surface area contributed by atoms with E-state index < -0.39 is 6.16 Å². The van der Waals surface area contributed by atoms with Crippen molar-refractivity contribution in [2.45, 2.75) is 31.4 Å². The number of nitrogens with zero attached hydrogens (tertiary/aromatic N) is 1. The van der Waals surface area contributed by atoms with Crippen LogP contribution in [-0.2, 0) is 4.74 Å². The number of hydrogen-bond acceptors (Lipinski definition) is 3. The highest BCUT2D eigenvalue weighted by Gasteiger charge is 2.36. The third kappa shape index (κ3) is 1.39. The molecule has 0 bridgehead atoms. The number of carboxylic acid groups (broad SMARTS) is 1. The van der Waals surface area contributed by atoms with Gasteiger partial charge in [-0.05, 0) is 19.4 Å². The van der Waals surface area contributed by atoms with Gasteiger partial charge in [-0.1, -0.05) is 0 Å². The summed E-state index contributed by atoms with van der Waals surface area (Å²) in [5.74, 6) is 0. The Balaban J connectivity index is 1.86. The Morgan fingerprint density at radius 1 is 1.58 bits per heavy atom. The maximum absolute atomic E-state index is 10.2. The molecular formula is C8H13NO3. The molecular weight excluding hydrogens is 158 g/mol. The second-order valence-corrected chi connectivity index (χ2v) is 3.53. The number of fused-ring (bicyclic) bond motifs is 1. The lowest BCUT2D eigenvalue weighted by atomic mass is 10.1. The zero-order chi connectivity index (χ0) is 8.55. The predicted molar refractivity (Wildman–Crippen MR) is 42.1 cm³/mol. The second-order valence-electron chi connectivity index (χ2n) is 3.53. The van der Waals surface area contributed by atoms with Crippen LogP contribution in [0.15, 0.2) is 0 Å². The van der Waals surface area contributed by atoms with Gasteiger partial charge in [-0.2, -0.15) is 0 Å². The Hall–Kier alpha value is -0.770. The van der Waals surface area contributed by atoms with E-state index in [2.05, 4.69) is 4.90 Å². The minimum absolute atomic E-state index is 0.0761. The van der Waals surface area contributed by atoms with E-state index in [9.17, 15) is 4.79 Å². The summed E-state index contributed by atoms with van der Waals surface area (Å²) >= 11 is 0. The molecule has 12 heavy (non-hydrogen) atoms. The smallest absolute Gasteiger partial charge is 0.450 e. The van der Waals surface area contributed by atoms with Crippen LogP contribution in [0.25, 0.3) is 0 Å². The number of hydrogen-bond donors (Lipinski definition) is 1. The highest BCUT2D eigenvalue weighted by molar-refractivity contribution is 5.57. The number of rotatable bonds is 1. The molecule has 2 aliphatic rings. The molecule has 0 aliphatic carbocycles. The van der Waals surface area contributed by atoms with Gasteiger partial charge in [-0.15, -0.1) is 0 Å². The Morgan fingerprint density at radius 2 is 2.42 bits per heavy atom. The molecule has 2 saturated heterocycles. The Bertz CT molecular complexity index is 183. The summed E-state index contributed by atoms with van der Waals surface area (Å²) in [5.41, 5.74) is 0. The maximum Gasteiger partial charge on any atom is 0.506 e. The van der Waals surface area contributed by atoms with Gasteiger partial charge in [0, 0.05) is 19.0 Å². The number of carbonyl (C=O) groups is 1. The van der Waals surface area contributed by atoms with Gasteiger partial charge in [0.15, 0.2) is 0 Å². The quantitative estimate of drug-likeness (QED) is 0.596. The van der Waals surface area contributed by atoms with E-state index in [1.165, 1.54) is 12.8 Å². The van der Waals surface area contributed by atoms with Gasteiger partial charge in [0.05, 0.1) is 0 Å². The van der Waals surface area contributed by atoms with E-state index in [1.54, 1.807) is 0 Å². The largest absolute Gasteiger partial charge is 0.506 e. The fourth-order valence-corrected chi connectivity index (χ4v) is 2.27. The highest BCUT2D eigenvalue weighted by Crippen LogP contribution is 2.28. The fourth-order valence-electron chi connectivity index (χ4n) is 2.27. The minimum atomic E-state index is -1.14. The summed E-state index contributed by atoms with van der Waals surface area (Å²) in [6.45, 7) is 1.92. The summed E-state index contributed by atoms with van der Waals surface area (Å²) < 4.78 is 4.72. The molecule has 1 N–H and O–H groups in total. The van der Waals surface area contributed by atoms with E-state index in [1.807, 2.05) is 0 Å². The van der Waals surface area contributed by atoms with E-state index >= 15 is 0 Å². The lowest BCUT2D eigenvalue weighted by Crippen LogP contribution is -2.24. The molecule has 2 unspecified atom stereocenters. The lowest BCUT2D eigenvalue weighted by Gasteiger charge is -2.12. The molecule has 0 saturated carbocycles. The van der Waals surface area contributed by atoms with E-state index in [-0.39, 0.29) is 6.10 Å². The molecule has 2 atom stereocenters. The van der Waals surface area contributed by atoms with E-state index in [0.717, 1.165) is 19.5 Å². The first-order valence-corrected chi connectivity index (χ1v) is 4.39. The molecule has 0 spiro atoms. The Kier molecular flexibility index (Phi) is 1.92. The Morgan fingerprint density at radius 3 is 3.08 bits per heavy atom. The summed E-state index contributed by atoms with van der Waals surface area (Å²) in [5, 5.41) is 8.40. The van der Waals surface area contributed by atoms with Crippen LogP contribution >= 0.6 is 0 Å². The minimum Gasteiger partial charge on any atom is -0.450 e. The van der Waals surface area contributed by atoms with Crippen LogP contribution in [0.3, 0.4) is 0 Å². The van der Waals surface area contributed by atoms with Crippen LogP contribution in [0.4, 0.5) is 4.79 Å². The van der Waals surface area contributed by atoms with Crippen LogP contribution in [-0.4, -0.2) is 41.4 Å². The first-order valence-electron chi connectivity index (χ1n) is 4.39. The van der Waals surface area contributed by atoms with Crippen LogP contribution < -0.4 is 0 Å². The summed E-state index contributed by atoms with van der Waals surface area (Å²) in [6, 6.07) is 0.592. The molecule has 68 valence electrons. The van der Waals surface area contributed by atoms with Crippen molar-refractivity contribution in [1.29, 1.82) is 0 Å². The summed E-state index contributed by atoms with van der Waals surface area (Å²) in [6.07, 6.45) is 2.14. The van der Waals surface area contributed by atoms with Crippen molar-refractivity contribution in [3.05, 3.63) is 0 Å². The first kappa shape index (κ1) is 7.86. The zero-order valence-electron chi connectivity index (χ0n) is 6.90. The molecule has 2 rings (SSSR count). The van der Waals surface area contributed by atoms with Crippen molar-refractivity contribution >= 4 is 6.16 Å². The second kappa shape index (κ2) is 2.94. The zero-order valence-corrected chi connectivity index (χ0v) is 6.90. The average Bonchev–Trinajstić information content (AvgIpc) is 2.43. The molecule has 2 aliphatic heterocycles. The average molecular weight is 171 g/mol. The van der Waals surface area contributed by atoms with Crippen molar-refractivity contribution in [2.75, 3.05) is 13.1 Å². The molecule has 0 aromatic carbocycles. The highest BCUT2D eigenvalue weighted by atomic mass is 16.7. The third-order valence-electron chi connectivity index (χ3n) is 2.74. The molecule has 0 radical (unpaired) electrons. The number of ether oxygens (including phenoxy) is 1. The van der Waals surface area contributed by atoms with Gasteiger partial charge >= 0.3 is 6.16 Å². The van der Waals surface area contributed by atoms with E-state index in [4.69, 9.17) is 9.84 Å². The van der Waals surface area contributed by atoms with E-state index in [0.29, 0.717) is 6.04 Å². The molecule has 2 fully saturated rings. The van der Waals surface area contributed by atoms with Crippen molar-refractivity contribution in [3.63, 3.8) is 0 Å². The summed E-state index contributed by atoms with van der Waals surface area (Å²) in [4.78, 5) is 12.6. The van der Waals surface area contributed by atoms with Gasteiger partial charge in [0.2, 0.25) is 0 Å². The van der Waals surface area contributed by atoms with Gasteiger partial charge in [-0.25, -0.2) is 4.79 Å². The molecule has 0 aromatic rings. The first-order chi connectivity index (χ1) is 5.75. The van der Waals surface area contributed by atoms with Gasteiger partial charge in [0.25, 0.3) is 0 Å². The van der Waals surface area contributed by atoms with Crippen molar-refractivity contribution < 1.29 is 14.6 Å². The fraction of sp³-hybridized carbons (Fsp3) is 0.875.